The zero-order valence-corrected chi connectivity index (χ0v) is 10.1. The first-order chi connectivity index (χ1) is 6.69. The van der Waals surface area contributed by atoms with E-state index in [9.17, 15) is 0 Å². The van der Waals surface area contributed by atoms with Crippen LogP contribution >= 0.6 is 11.8 Å². The van der Waals surface area contributed by atoms with Gasteiger partial charge in [-0.2, -0.15) is 11.8 Å². The Labute approximate surface area is 91.4 Å². The van der Waals surface area contributed by atoms with Crippen molar-refractivity contribution in [1.82, 2.24) is 5.32 Å². The average Bonchev–Trinajstić information content (AvgIpc) is 2.16. The third kappa shape index (κ3) is 1.19. The summed E-state index contributed by atoms with van der Waals surface area (Å²) in [5, 5.41) is 3.66. The van der Waals surface area contributed by atoms with Crippen LogP contribution in [0.3, 0.4) is 0 Å². The Kier molecular flexibility index (Phi) is 1.98. The van der Waals surface area contributed by atoms with E-state index >= 15 is 0 Å². The maximum Gasteiger partial charge on any atom is 0.0197 e. The van der Waals surface area contributed by atoms with Gasteiger partial charge in [0.05, 0.1) is 0 Å². The van der Waals surface area contributed by atoms with Crippen molar-refractivity contribution in [3.63, 3.8) is 0 Å². The van der Waals surface area contributed by atoms with Crippen LogP contribution in [0.5, 0.6) is 0 Å². The molecule has 0 saturated heterocycles. The van der Waals surface area contributed by atoms with Gasteiger partial charge in [0.2, 0.25) is 0 Å². The fourth-order valence-electron chi connectivity index (χ4n) is 4.71. The molecule has 0 aliphatic heterocycles. The summed E-state index contributed by atoms with van der Waals surface area (Å²) in [6.07, 6.45) is 11.2. The highest BCUT2D eigenvalue weighted by Crippen LogP contribution is 2.61. The maximum absolute atomic E-state index is 3.66. The zero-order valence-electron chi connectivity index (χ0n) is 9.31. The second-order valence-electron chi connectivity index (χ2n) is 5.88. The Bertz CT molecular complexity index is 215. The Morgan fingerprint density at radius 3 is 2.29 bits per heavy atom. The van der Waals surface area contributed by atoms with E-state index in [1.54, 1.807) is 0 Å². The Hall–Kier alpha value is 0.310. The number of hydrogen-bond donors (Lipinski definition) is 1. The van der Waals surface area contributed by atoms with E-state index in [0.29, 0.717) is 10.3 Å². The van der Waals surface area contributed by atoms with Gasteiger partial charge in [-0.3, -0.25) is 0 Å². The van der Waals surface area contributed by atoms with Gasteiger partial charge in [-0.1, -0.05) is 0 Å². The summed E-state index contributed by atoms with van der Waals surface area (Å²) < 4.78 is 0.660. The zero-order chi connectivity index (χ0) is 9.81. The predicted octanol–water partition coefficient (Wildman–Crippen LogP) is 2.66. The number of nitrogens with one attached hydrogen (secondary N) is 1. The van der Waals surface area contributed by atoms with Crippen LogP contribution in [0.1, 0.15) is 38.5 Å². The minimum absolute atomic E-state index is 0.535. The lowest BCUT2D eigenvalue weighted by atomic mass is 9.52. The molecule has 0 aromatic carbocycles. The molecule has 0 spiro atoms. The van der Waals surface area contributed by atoms with Gasteiger partial charge < -0.3 is 5.32 Å². The van der Waals surface area contributed by atoms with Crippen LogP contribution in [0, 0.1) is 11.8 Å². The topological polar surface area (TPSA) is 12.0 Å². The van der Waals surface area contributed by atoms with Gasteiger partial charge >= 0.3 is 0 Å². The van der Waals surface area contributed by atoms with Crippen LogP contribution < -0.4 is 5.32 Å². The summed E-state index contributed by atoms with van der Waals surface area (Å²) in [4.78, 5) is 0. The molecule has 4 fully saturated rings. The summed E-state index contributed by atoms with van der Waals surface area (Å²) in [6, 6.07) is 0. The van der Waals surface area contributed by atoms with Crippen molar-refractivity contribution in [3.05, 3.63) is 0 Å². The molecule has 1 N–H and O–H groups in total. The first-order valence-electron chi connectivity index (χ1n) is 5.93. The molecule has 1 nitrogen and oxygen atoms in total. The molecule has 0 aromatic rings. The molecule has 0 aromatic heterocycles. The van der Waals surface area contributed by atoms with E-state index in [1.165, 1.54) is 38.5 Å². The lowest BCUT2D eigenvalue weighted by molar-refractivity contribution is 0.000664. The second-order valence-corrected chi connectivity index (χ2v) is 7.15. The molecule has 0 amide bonds. The maximum atomic E-state index is 3.66. The number of rotatable bonds is 2. The van der Waals surface area contributed by atoms with E-state index in [2.05, 4.69) is 30.4 Å². The van der Waals surface area contributed by atoms with E-state index in [0.717, 1.165) is 11.8 Å². The fraction of sp³-hybridized carbons (Fsp3) is 1.00. The van der Waals surface area contributed by atoms with E-state index in [1.807, 2.05) is 0 Å². The molecule has 4 aliphatic carbocycles. The average molecular weight is 211 g/mol. The van der Waals surface area contributed by atoms with Crippen LogP contribution in [0.15, 0.2) is 0 Å². The summed E-state index contributed by atoms with van der Waals surface area (Å²) in [5.41, 5.74) is 0.535. The highest BCUT2D eigenvalue weighted by Gasteiger charge is 2.56. The third-order valence-electron chi connectivity index (χ3n) is 4.97. The smallest absolute Gasteiger partial charge is 0.0197 e. The van der Waals surface area contributed by atoms with Crippen molar-refractivity contribution in [2.75, 3.05) is 13.3 Å². The van der Waals surface area contributed by atoms with E-state index in [-0.39, 0.29) is 0 Å². The van der Waals surface area contributed by atoms with Crippen molar-refractivity contribution in [2.45, 2.75) is 48.8 Å². The van der Waals surface area contributed by atoms with Crippen LogP contribution in [0.25, 0.3) is 0 Å². The first kappa shape index (κ1) is 9.53. The summed E-state index contributed by atoms with van der Waals surface area (Å²) >= 11 is 2.16. The van der Waals surface area contributed by atoms with Gasteiger partial charge in [0.25, 0.3) is 0 Å². The van der Waals surface area contributed by atoms with Gasteiger partial charge in [-0.15, -0.1) is 0 Å². The SMILES string of the molecule is CNC12CC3CC(C1)CC(SC)(C3)C2. The van der Waals surface area contributed by atoms with Gasteiger partial charge in [-0.25, -0.2) is 0 Å². The molecular formula is C12H21NS. The highest BCUT2D eigenvalue weighted by atomic mass is 32.2. The normalized spacial score (nSPS) is 55.3. The van der Waals surface area contributed by atoms with Crippen molar-refractivity contribution in [1.29, 1.82) is 0 Å². The predicted molar refractivity (Wildman–Crippen MR) is 62.7 cm³/mol. The molecule has 2 atom stereocenters. The van der Waals surface area contributed by atoms with Crippen molar-refractivity contribution >= 4 is 11.8 Å². The van der Waals surface area contributed by atoms with Crippen LogP contribution in [0.4, 0.5) is 0 Å². The quantitative estimate of drug-likeness (QED) is 0.753. The van der Waals surface area contributed by atoms with Gasteiger partial charge in [0, 0.05) is 10.3 Å². The molecule has 2 unspecified atom stereocenters. The molecule has 80 valence electrons. The Morgan fingerprint density at radius 2 is 1.79 bits per heavy atom. The summed E-state index contributed by atoms with van der Waals surface area (Å²) in [7, 11) is 2.18. The van der Waals surface area contributed by atoms with Crippen LogP contribution in [0.2, 0.25) is 0 Å². The first-order valence-corrected chi connectivity index (χ1v) is 7.16. The van der Waals surface area contributed by atoms with Crippen molar-refractivity contribution in [3.8, 4) is 0 Å². The molecule has 2 heteroatoms. The van der Waals surface area contributed by atoms with Crippen LogP contribution in [-0.4, -0.2) is 23.6 Å². The molecule has 4 bridgehead atoms. The molecule has 4 aliphatic rings. The molecular weight excluding hydrogens is 190 g/mol. The van der Waals surface area contributed by atoms with E-state index < -0.39 is 0 Å². The molecule has 0 heterocycles. The Morgan fingerprint density at radius 1 is 1.14 bits per heavy atom. The monoisotopic (exact) mass is 211 g/mol. The van der Waals surface area contributed by atoms with Gasteiger partial charge in [0.1, 0.15) is 0 Å². The molecule has 4 rings (SSSR count). The minimum Gasteiger partial charge on any atom is -0.314 e. The van der Waals surface area contributed by atoms with Gasteiger partial charge in [0.15, 0.2) is 0 Å². The van der Waals surface area contributed by atoms with Crippen molar-refractivity contribution in [2.24, 2.45) is 11.8 Å². The fourth-order valence-corrected chi connectivity index (χ4v) is 5.94. The van der Waals surface area contributed by atoms with E-state index in [4.69, 9.17) is 0 Å². The molecule has 0 radical (unpaired) electrons. The van der Waals surface area contributed by atoms with Crippen molar-refractivity contribution < 1.29 is 0 Å². The number of hydrogen-bond acceptors (Lipinski definition) is 2. The highest BCUT2D eigenvalue weighted by molar-refractivity contribution is 8.00. The third-order valence-corrected chi connectivity index (χ3v) is 6.31. The summed E-state index contributed by atoms with van der Waals surface area (Å²) in [6.45, 7) is 0. The summed E-state index contributed by atoms with van der Waals surface area (Å²) in [5.74, 6) is 2.08. The molecule has 4 saturated carbocycles. The largest absolute Gasteiger partial charge is 0.314 e. The number of thioether (sulfide) groups is 1. The lowest BCUT2D eigenvalue weighted by Gasteiger charge is -2.61. The Balaban J connectivity index is 1.94. The van der Waals surface area contributed by atoms with Gasteiger partial charge in [-0.05, 0) is 63.7 Å². The standard InChI is InChI=1S/C12H21NS/c1-13-11-4-9-3-10(5-11)7-12(6-9,8-11)14-2/h9-10,13H,3-8H2,1-2H3. The van der Waals surface area contributed by atoms with Crippen LogP contribution in [-0.2, 0) is 0 Å². The molecule has 14 heavy (non-hydrogen) atoms. The lowest BCUT2D eigenvalue weighted by Crippen LogP contribution is -2.62. The second kappa shape index (κ2) is 2.91. The minimum atomic E-state index is 0.535.